The van der Waals surface area contributed by atoms with E-state index < -0.39 is 0 Å². The highest BCUT2D eigenvalue weighted by atomic mass is 31.0. The van der Waals surface area contributed by atoms with Crippen molar-refractivity contribution in [2.75, 3.05) is 0 Å². The lowest BCUT2D eigenvalue weighted by molar-refractivity contribution is 0.0387. The third-order valence-corrected chi connectivity index (χ3v) is 3.73. The van der Waals surface area contributed by atoms with Crippen LogP contribution in [-0.4, -0.2) is 5.28 Å². The van der Waals surface area contributed by atoms with Crippen LogP contribution < -0.4 is 5.73 Å². The quantitative estimate of drug-likeness (QED) is 0.556. The van der Waals surface area contributed by atoms with E-state index in [1.54, 1.807) is 0 Å². The minimum Gasteiger partial charge on any atom is -0.322 e. The first-order valence-corrected chi connectivity index (χ1v) is 5.28. The van der Waals surface area contributed by atoms with E-state index in [0.717, 1.165) is 0 Å². The van der Waals surface area contributed by atoms with Crippen molar-refractivity contribution in [1.29, 1.82) is 0 Å². The van der Waals surface area contributed by atoms with Crippen LogP contribution in [0.15, 0.2) is 0 Å². The van der Waals surface area contributed by atoms with Gasteiger partial charge in [-0.2, -0.15) is 0 Å². The van der Waals surface area contributed by atoms with Crippen LogP contribution in [0.5, 0.6) is 0 Å². The van der Waals surface area contributed by atoms with Gasteiger partial charge in [0.1, 0.15) is 0 Å². The van der Waals surface area contributed by atoms with E-state index in [4.69, 9.17) is 5.73 Å². The maximum atomic E-state index is 5.99. The van der Waals surface area contributed by atoms with Crippen LogP contribution in [0.25, 0.3) is 0 Å². The molecule has 2 aliphatic rings. The summed E-state index contributed by atoms with van der Waals surface area (Å²) >= 11 is 0. The minimum atomic E-state index is 0.108. The van der Waals surface area contributed by atoms with Crippen LogP contribution in [0.1, 0.15) is 44.9 Å². The smallest absolute Gasteiger partial charge is 0.0308 e. The van der Waals surface area contributed by atoms with Gasteiger partial charge in [0, 0.05) is 5.28 Å². The van der Waals surface area contributed by atoms with E-state index in [-0.39, 0.29) is 5.28 Å². The van der Waals surface area contributed by atoms with Crippen molar-refractivity contribution >= 4 is 9.24 Å². The molecule has 0 radical (unpaired) electrons. The lowest BCUT2D eigenvalue weighted by Gasteiger charge is -2.55. The second kappa shape index (κ2) is 2.44. The van der Waals surface area contributed by atoms with Gasteiger partial charge in [-0.1, -0.05) is 19.3 Å². The molecule has 2 rings (SSSR count). The summed E-state index contributed by atoms with van der Waals surface area (Å²) < 4.78 is 0. The highest BCUT2D eigenvalue weighted by molar-refractivity contribution is 7.19. The fourth-order valence-corrected chi connectivity index (χ4v) is 3.87. The molecule has 2 saturated carbocycles. The highest BCUT2D eigenvalue weighted by Crippen LogP contribution is 2.57. The van der Waals surface area contributed by atoms with Crippen molar-refractivity contribution in [3.05, 3.63) is 0 Å². The third-order valence-electron chi connectivity index (χ3n) is 3.32. The van der Waals surface area contributed by atoms with E-state index in [0.29, 0.717) is 5.41 Å². The molecule has 0 aromatic rings. The summed E-state index contributed by atoms with van der Waals surface area (Å²) in [6.45, 7) is 0. The molecule has 0 bridgehead atoms. The van der Waals surface area contributed by atoms with E-state index in [2.05, 4.69) is 9.24 Å². The lowest BCUT2D eigenvalue weighted by Crippen LogP contribution is -2.54. The Morgan fingerprint density at radius 3 is 2.00 bits per heavy atom. The van der Waals surface area contributed by atoms with Gasteiger partial charge in [-0.05, 0) is 31.1 Å². The molecule has 2 fully saturated rings. The lowest BCUT2D eigenvalue weighted by atomic mass is 9.58. The van der Waals surface area contributed by atoms with Gasteiger partial charge in [-0.3, -0.25) is 0 Å². The first-order chi connectivity index (χ1) is 5.12. The number of hydrogen-bond donors (Lipinski definition) is 1. The maximum Gasteiger partial charge on any atom is 0.0308 e. The summed E-state index contributed by atoms with van der Waals surface area (Å²) in [6, 6.07) is 0. The number of hydrogen-bond acceptors (Lipinski definition) is 1. The van der Waals surface area contributed by atoms with Crippen LogP contribution >= 0.6 is 9.24 Å². The Balaban J connectivity index is 1.94. The molecule has 1 unspecified atom stereocenters. The minimum absolute atomic E-state index is 0.108. The second-order valence-electron chi connectivity index (χ2n) is 4.65. The molecular formula is C9H18NP. The molecule has 11 heavy (non-hydrogen) atoms. The van der Waals surface area contributed by atoms with Crippen molar-refractivity contribution in [3.8, 4) is 0 Å². The van der Waals surface area contributed by atoms with Crippen molar-refractivity contribution < 1.29 is 0 Å². The first-order valence-electron chi connectivity index (χ1n) is 4.70. The van der Waals surface area contributed by atoms with Crippen LogP contribution in [-0.2, 0) is 0 Å². The molecule has 1 nitrogen and oxygen atoms in total. The normalized spacial score (nSPS) is 33.3. The Labute approximate surface area is 71.3 Å². The van der Waals surface area contributed by atoms with Crippen molar-refractivity contribution in [2.45, 2.75) is 50.2 Å². The first kappa shape index (κ1) is 8.01. The molecule has 2 N–H and O–H groups in total. The van der Waals surface area contributed by atoms with E-state index in [1.165, 1.54) is 44.9 Å². The van der Waals surface area contributed by atoms with Crippen molar-refractivity contribution in [2.24, 2.45) is 11.1 Å². The van der Waals surface area contributed by atoms with Crippen LogP contribution in [0, 0.1) is 5.41 Å². The van der Waals surface area contributed by atoms with Crippen LogP contribution in [0.3, 0.4) is 0 Å². The van der Waals surface area contributed by atoms with Gasteiger partial charge in [0.05, 0.1) is 0 Å². The number of nitrogens with two attached hydrogens (primary N) is 1. The van der Waals surface area contributed by atoms with Gasteiger partial charge in [-0.25, -0.2) is 0 Å². The Kier molecular flexibility index (Phi) is 1.77. The monoisotopic (exact) mass is 171 g/mol. The third kappa shape index (κ3) is 1.46. The van der Waals surface area contributed by atoms with Crippen molar-refractivity contribution in [1.82, 2.24) is 0 Å². The van der Waals surface area contributed by atoms with Crippen molar-refractivity contribution in [3.63, 3.8) is 0 Å². The van der Waals surface area contributed by atoms with E-state index in [9.17, 15) is 0 Å². The largest absolute Gasteiger partial charge is 0.322 e. The van der Waals surface area contributed by atoms with E-state index >= 15 is 0 Å². The van der Waals surface area contributed by atoms with Gasteiger partial charge in [0.2, 0.25) is 0 Å². The maximum absolute atomic E-state index is 5.99. The summed E-state index contributed by atoms with van der Waals surface area (Å²) in [5.41, 5.74) is 6.68. The topological polar surface area (TPSA) is 26.0 Å². The predicted molar refractivity (Wildman–Crippen MR) is 51.4 cm³/mol. The van der Waals surface area contributed by atoms with Crippen LogP contribution in [0.4, 0.5) is 0 Å². The summed E-state index contributed by atoms with van der Waals surface area (Å²) in [5.74, 6) is 0. The summed E-state index contributed by atoms with van der Waals surface area (Å²) in [4.78, 5) is 0. The molecule has 64 valence electrons. The fourth-order valence-electron chi connectivity index (χ4n) is 3.00. The average molecular weight is 171 g/mol. The molecule has 0 aromatic heterocycles. The van der Waals surface area contributed by atoms with Gasteiger partial charge < -0.3 is 5.73 Å². The Hall–Kier alpha value is 0.390. The van der Waals surface area contributed by atoms with Gasteiger partial charge in [-0.15, -0.1) is 9.24 Å². The second-order valence-corrected chi connectivity index (χ2v) is 5.80. The molecule has 2 heteroatoms. The standard InChI is InChI=1S/C9H18NP/c10-9(11)6-8(7-9)4-2-1-3-5-8/h1-7,10-11H2. The van der Waals surface area contributed by atoms with E-state index in [1.807, 2.05) is 0 Å². The van der Waals surface area contributed by atoms with Gasteiger partial charge in [0.25, 0.3) is 0 Å². The Morgan fingerprint density at radius 1 is 1.00 bits per heavy atom. The molecule has 0 amide bonds. The molecule has 1 spiro atoms. The predicted octanol–water partition coefficient (Wildman–Crippen LogP) is 2.26. The zero-order valence-corrected chi connectivity index (χ0v) is 8.26. The molecular weight excluding hydrogens is 153 g/mol. The van der Waals surface area contributed by atoms with Gasteiger partial charge >= 0.3 is 0 Å². The zero-order chi connectivity index (χ0) is 7.95. The molecule has 1 atom stereocenters. The highest BCUT2D eigenvalue weighted by Gasteiger charge is 2.49. The molecule has 0 aliphatic heterocycles. The molecule has 0 aromatic carbocycles. The molecule has 0 saturated heterocycles. The zero-order valence-electron chi connectivity index (χ0n) is 7.10. The van der Waals surface area contributed by atoms with Gasteiger partial charge in [0.15, 0.2) is 0 Å². The average Bonchev–Trinajstić information content (AvgIpc) is 1.85. The Morgan fingerprint density at radius 2 is 1.55 bits per heavy atom. The fraction of sp³-hybridized carbons (Fsp3) is 1.00. The summed E-state index contributed by atoms with van der Waals surface area (Å²) in [7, 11) is 2.80. The molecule has 2 aliphatic carbocycles. The number of rotatable bonds is 0. The van der Waals surface area contributed by atoms with Crippen LogP contribution in [0.2, 0.25) is 0 Å². The summed E-state index contributed by atoms with van der Waals surface area (Å²) in [6.07, 6.45) is 9.74. The summed E-state index contributed by atoms with van der Waals surface area (Å²) in [5, 5.41) is 0.108. The Bertz CT molecular complexity index is 149. The SMILES string of the molecule is NC1(P)CC2(CCCCC2)C1. The molecule has 0 heterocycles.